The van der Waals surface area contributed by atoms with Crippen molar-refractivity contribution in [3.05, 3.63) is 16.9 Å². The highest BCUT2D eigenvalue weighted by atomic mass is 79.9. The predicted molar refractivity (Wildman–Crippen MR) is 73.0 cm³/mol. The van der Waals surface area contributed by atoms with Crippen molar-refractivity contribution in [1.82, 2.24) is 4.98 Å². The largest absolute Gasteiger partial charge is 0.396 e. The third kappa shape index (κ3) is 3.57. The van der Waals surface area contributed by atoms with E-state index < -0.39 is 0 Å². The first-order valence-corrected chi connectivity index (χ1v) is 6.81. The highest BCUT2D eigenvalue weighted by Gasteiger charge is 2.14. The Balaban J connectivity index is 1.74. The second-order valence-electron chi connectivity index (χ2n) is 4.29. The van der Waals surface area contributed by atoms with Crippen molar-refractivity contribution in [3.63, 3.8) is 0 Å². The Kier molecular flexibility index (Phi) is 4.62. The molecule has 1 aromatic heterocycles. The standard InChI is InChI=1S/C12H18BrN3O/c13-10-7-15-8-11(14)12(10)16-5-6-17-9-3-1-2-4-9/h7-9H,1-6,14H2,(H,15,16). The van der Waals surface area contributed by atoms with Crippen LogP contribution in [0.3, 0.4) is 0 Å². The van der Waals surface area contributed by atoms with E-state index in [2.05, 4.69) is 26.2 Å². The van der Waals surface area contributed by atoms with Crippen molar-refractivity contribution < 1.29 is 4.74 Å². The lowest BCUT2D eigenvalue weighted by molar-refractivity contribution is 0.0659. The number of aromatic nitrogens is 1. The molecular weight excluding hydrogens is 282 g/mol. The monoisotopic (exact) mass is 299 g/mol. The summed E-state index contributed by atoms with van der Waals surface area (Å²) in [6.07, 6.45) is 8.88. The first-order valence-electron chi connectivity index (χ1n) is 6.02. The lowest BCUT2D eigenvalue weighted by Crippen LogP contribution is -2.16. The molecule has 4 nitrogen and oxygen atoms in total. The van der Waals surface area contributed by atoms with Crippen molar-refractivity contribution in [2.24, 2.45) is 0 Å². The number of ether oxygens (including phenoxy) is 1. The number of hydrogen-bond donors (Lipinski definition) is 2. The molecule has 2 rings (SSSR count). The van der Waals surface area contributed by atoms with E-state index in [0.717, 1.165) is 23.3 Å². The van der Waals surface area contributed by atoms with Gasteiger partial charge in [0.15, 0.2) is 0 Å². The van der Waals surface area contributed by atoms with Gasteiger partial charge in [0.25, 0.3) is 0 Å². The maximum absolute atomic E-state index is 5.83. The van der Waals surface area contributed by atoms with E-state index in [4.69, 9.17) is 10.5 Å². The highest BCUT2D eigenvalue weighted by molar-refractivity contribution is 9.10. The van der Waals surface area contributed by atoms with Crippen LogP contribution in [-0.2, 0) is 4.74 Å². The quantitative estimate of drug-likeness (QED) is 0.821. The molecular formula is C12H18BrN3O. The van der Waals surface area contributed by atoms with Gasteiger partial charge < -0.3 is 15.8 Å². The van der Waals surface area contributed by atoms with Crippen LogP contribution < -0.4 is 11.1 Å². The number of rotatable bonds is 5. The number of hydrogen-bond acceptors (Lipinski definition) is 4. The molecule has 5 heteroatoms. The Morgan fingerprint density at radius 3 is 2.88 bits per heavy atom. The summed E-state index contributed by atoms with van der Waals surface area (Å²) >= 11 is 3.42. The number of nitrogens with two attached hydrogens (primary N) is 1. The van der Waals surface area contributed by atoms with Crippen LogP contribution in [-0.4, -0.2) is 24.2 Å². The molecule has 0 atom stereocenters. The normalized spacial score (nSPS) is 16.3. The van der Waals surface area contributed by atoms with Gasteiger partial charge in [-0.3, -0.25) is 4.98 Å². The van der Waals surface area contributed by atoms with Gasteiger partial charge in [-0.15, -0.1) is 0 Å². The van der Waals surface area contributed by atoms with Gasteiger partial charge in [0.2, 0.25) is 0 Å². The molecule has 0 amide bonds. The number of nitrogens with one attached hydrogen (secondary N) is 1. The molecule has 94 valence electrons. The van der Waals surface area contributed by atoms with Crippen molar-refractivity contribution in [2.45, 2.75) is 31.8 Å². The van der Waals surface area contributed by atoms with Gasteiger partial charge in [0.05, 0.1) is 34.8 Å². The zero-order valence-corrected chi connectivity index (χ0v) is 11.4. The molecule has 1 saturated carbocycles. The molecule has 0 aromatic carbocycles. The summed E-state index contributed by atoms with van der Waals surface area (Å²) in [4.78, 5) is 3.99. The van der Waals surface area contributed by atoms with Gasteiger partial charge in [-0.05, 0) is 28.8 Å². The number of nitrogens with zero attached hydrogens (tertiary/aromatic N) is 1. The van der Waals surface area contributed by atoms with Crippen LogP contribution in [0.1, 0.15) is 25.7 Å². The van der Waals surface area contributed by atoms with E-state index in [-0.39, 0.29) is 0 Å². The number of halogens is 1. The number of nitrogen functional groups attached to an aromatic ring is 1. The third-order valence-electron chi connectivity index (χ3n) is 2.99. The minimum absolute atomic E-state index is 0.468. The van der Waals surface area contributed by atoms with Crippen LogP contribution in [0.4, 0.5) is 11.4 Å². The van der Waals surface area contributed by atoms with Crippen LogP contribution in [0.15, 0.2) is 16.9 Å². The molecule has 1 heterocycles. The van der Waals surface area contributed by atoms with Crippen molar-refractivity contribution >= 4 is 27.3 Å². The van der Waals surface area contributed by atoms with Crippen molar-refractivity contribution in [3.8, 4) is 0 Å². The third-order valence-corrected chi connectivity index (χ3v) is 3.59. The van der Waals surface area contributed by atoms with Crippen molar-refractivity contribution in [1.29, 1.82) is 0 Å². The van der Waals surface area contributed by atoms with Crippen LogP contribution in [0.5, 0.6) is 0 Å². The lowest BCUT2D eigenvalue weighted by Gasteiger charge is -2.13. The molecule has 0 spiro atoms. The maximum atomic E-state index is 5.83. The molecule has 1 aromatic rings. The van der Waals surface area contributed by atoms with Crippen LogP contribution in [0, 0.1) is 0 Å². The summed E-state index contributed by atoms with van der Waals surface area (Å²) < 4.78 is 6.66. The van der Waals surface area contributed by atoms with E-state index in [1.165, 1.54) is 25.7 Å². The van der Waals surface area contributed by atoms with Crippen LogP contribution in [0.2, 0.25) is 0 Å². The summed E-state index contributed by atoms with van der Waals surface area (Å²) in [6, 6.07) is 0. The molecule has 0 bridgehead atoms. The molecule has 3 N–H and O–H groups in total. The van der Waals surface area contributed by atoms with E-state index in [9.17, 15) is 0 Å². The number of pyridine rings is 1. The van der Waals surface area contributed by atoms with Crippen LogP contribution in [0.25, 0.3) is 0 Å². The fraction of sp³-hybridized carbons (Fsp3) is 0.583. The second kappa shape index (κ2) is 6.21. The average Bonchev–Trinajstić information content (AvgIpc) is 2.80. The minimum atomic E-state index is 0.468. The van der Waals surface area contributed by atoms with E-state index >= 15 is 0 Å². The Morgan fingerprint density at radius 2 is 2.18 bits per heavy atom. The van der Waals surface area contributed by atoms with E-state index in [1.54, 1.807) is 12.4 Å². The molecule has 1 aliphatic rings. The molecule has 1 aliphatic carbocycles. The molecule has 17 heavy (non-hydrogen) atoms. The molecule has 0 unspecified atom stereocenters. The smallest absolute Gasteiger partial charge is 0.0750 e. The molecule has 0 radical (unpaired) electrons. The Morgan fingerprint density at radius 1 is 1.41 bits per heavy atom. The summed E-state index contributed by atoms with van der Waals surface area (Å²) in [7, 11) is 0. The number of anilines is 2. The van der Waals surface area contributed by atoms with Gasteiger partial charge in [-0.1, -0.05) is 12.8 Å². The Hall–Kier alpha value is -0.810. The van der Waals surface area contributed by atoms with Gasteiger partial charge >= 0.3 is 0 Å². The summed E-state index contributed by atoms with van der Waals surface area (Å²) in [5.74, 6) is 0. The SMILES string of the molecule is Nc1cncc(Br)c1NCCOC1CCCC1. The zero-order valence-electron chi connectivity index (χ0n) is 9.79. The fourth-order valence-corrected chi connectivity index (χ4v) is 2.58. The van der Waals surface area contributed by atoms with Gasteiger partial charge in [-0.25, -0.2) is 0 Å². The van der Waals surface area contributed by atoms with E-state index in [1.807, 2.05) is 0 Å². The molecule has 1 fully saturated rings. The summed E-state index contributed by atoms with van der Waals surface area (Å²) in [5, 5.41) is 3.27. The van der Waals surface area contributed by atoms with Gasteiger partial charge in [-0.2, -0.15) is 0 Å². The topological polar surface area (TPSA) is 60.2 Å². The summed E-state index contributed by atoms with van der Waals surface area (Å²) in [5.41, 5.74) is 7.38. The fourth-order valence-electron chi connectivity index (χ4n) is 2.09. The Labute approximate surface area is 110 Å². The maximum Gasteiger partial charge on any atom is 0.0750 e. The highest BCUT2D eigenvalue weighted by Crippen LogP contribution is 2.26. The minimum Gasteiger partial charge on any atom is -0.396 e. The predicted octanol–water partition coefficient (Wildman–Crippen LogP) is 2.80. The molecule has 0 saturated heterocycles. The lowest BCUT2D eigenvalue weighted by atomic mass is 10.3. The van der Waals surface area contributed by atoms with E-state index in [0.29, 0.717) is 11.8 Å². The zero-order chi connectivity index (χ0) is 12.1. The van der Waals surface area contributed by atoms with Crippen molar-refractivity contribution in [2.75, 3.05) is 24.2 Å². The Bertz CT molecular complexity index is 347. The first-order chi connectivity index (χ1) is 8.27. The first kappa shape index (κ1) is 12.6. The van der Waals surface area contributed by atoms with Gasteiger partial charge in [0.1, 0.15) is 0 Å². The summed E-state index contributed by atoms with van der Waals surface area (Å²) in [6.45, 7) is 1.49. The molecule has 0 aliphatic heterocycles. The van der Waals surface area contributed by atoms with Gasteiger partial charge in [0, 0.05) is 12.7 Å². The average molecular weight is 300 g/mol. The second-order valence-corrected chi connectivity index (χ2v) is 5.14. The van der Waals surface area contributed by atoms with Crippen LogP contribution >= 0.6 is 15.9 Å².